The maximum Gasteiger partial charge on any atom is 0.198 e. The summed E-state index contributed by atoms with van der Waals surface area (Å²) >= 11 is 0. The van der Waals surface area contributed by atoms with E-state index in [0.717, 1.165) is 11.3 Å². The number of aromatic nitrogens is 3. The minimum atomic E-state index is -0.261. The lowest BCUT2D eigenvalue weighted by atomic mass is 10.1. The molecule has 0 unspecified atom stereocenters. The molecule has 0 spiro atoms. The van der Waals surface area contributed by atoms with Gasteiger partial charge in [-0.15, -0.1) is 5.10 Å². The molecule has 2 heterocycles. The molecule has 29 heavy (non-hydrogen) atoms. The van der Waals surface area contributed by atoms with Crippen molar-refractivity contribution in [2.24, 2.45) is 0 Å². The molecular weight excluding hydrogens is 364 g/mol. The molecule has 1 aliphatic rings. The van der Waals surface area contributed by atoms with Crippen LogP contribution in [0.25, 0.3) is 16.9 Å². The van der Waals surface area contributed by atoms with Crippen LogP contribution < -0.4 is 5.32 Å². The molecular formula is C22H12N6O. The van der Waals surface area contributed by atoms with E-state index < -0.39 is 0 Å². The monoisotopic (exact) mass is 376 g/mol. The fourth-order valence-corrected chi connectivity index (χ4v) is 3.55. The van der Waals surface area contributed by atoms with Gasteiger partial charge in [-0.25, -0.2) is 9.50 Å². The Hall–Kier alpha value is -4.49. The fraction of sp³-hybridized carbons (Fsp3) is 0.0455. The van der Waals surface area contributed by atoms with Gasteiger partial charge >= 0.3 is 0 Å². The third-order valence-electron chi connectivity index (χ3n) is 4.95. The number of fused-ring (bicyclic) bond motifs is 4. The van der Waals surface area contributed by atoms with E-state index in [4.69, 9.17) is 0 Å². The number of ketones is 1. The van der Waals surface area contributed by atoms with Crippen molar-refractivity contribution in [1.29, 1.82) is 10.5 Å². The van der Waals surface area contributed by atoms with E-state index in [1.54, 1.807) is 18.2 Å². The van der Waals surface area contributed by atoms with Crippen molar-refractivity contribution in [3.05, 3.63) is 76.5 Å². The zero-order valence-electron chi connectivity index (χ0n) is 15.3. The van der Waals surface area contributed by atoms with Crippen LogP contribution in [0.1, 0.15) is 32.7 Å². The normalized spacial score (nSPS) is 11.6. The first-order valence-corrected chi connectivity index (χ1v) is 8.87. The SMILES string of the molecule is Cc1ccc(Nc2nn3c(C#N)c4c(nc3c2C#N)-c2ccccc2C4=O)cc1. The highest BCUT2D eigenvalue weighted by Gasteiger charge is 2.34. The molecule has 0 amide bonds. The van der Waals surface area contributed by atoms with Crippen molar-refractivity contribution in [1.82, 2.24) is 14.6 Å². The summed E-state index contributed by atoms with van der Waals surface area (Å²) < 4.78 is 1.28. The van der Waals surface area contributed by atoms with Crippen LogP contribution in [0, 0.1) is 29.6 Å². The molecule has 0 bridgehead atoms. The molecule has 1 N–H and O–H groups in total. The highest BCUT2D eigenvalue weighted by atomic mass is 16.1. The molecule has 0 fully saturated rings. The lowest BCUT2D eigenvalue weighted by Gasteiger charge is -2.03. The summed E-state index contributed by atoms with van der Waals surface area (Å²) in [4.78, 5) is 17.5. The molecule has 0 saturated heterocycles. The Kier molecular flexibility index (Phi) is 3.46. The van der Waals surface area contributed by atoms with E-state index in [-0.39, 0.29) is 34.1 Å². The number of carbonyl (C=O) groups excluding carboxylic acids is 1. The van der Waals surface area contributed by atoms with Gasteiger partial charge in [0.2, 0.25) is 0 Å². The predicted octanol–water partition coefficient (Wildman–Crippen LogP) is 3.74. The van der Waals surface area contributed by atoms with Crippen LogP contribution in [-0.4, -0.2) is 20.4 Å². The van der Waals surface area contributed by atoms with Gasteiger partial charge in [0.15, 0.2) is 22.9 Å². The van der Waals surface area contributed by atoms with Crippen LogP contribution >= 0.6 is 0 Å². The first-order chi connectivity index (χ1) is 14.1. The van der Waals surface area contributed by atoms with E-state index in [2.05, 4.69) is 27.5 Å². The number of benzene rings is 2. The van der Waals surface area contributed by atoms with Gasteiger partial charge in [0.05, 0.1) is 11.3 Å². The second kappa shape index (κ2) is 6.01. The molecule has 0 aliphatic heterocycles. The van der Waals surface area contributed by atoms with E-state index in [1.165, 1.54) is 4.52 Å². The molecule has 136 valence electrons. The summed E-state index contributed by atoms with van der Waals surface area (Å²) in [6, 6.07) is 18.9. The lowest BCUT2D eigenvalue weighted by molar-refractivity contribution is 0.104. The Morgan fingerprint density at radius 3 is 2.41 bits per heavy atom. The van der Waals surface area contributed by atoms with E-state index in [1.807, 2.05) is 37.3 Å². The zero-order valence-corrected chi connectivity index (χ0v) is 15.3. The van der Waals surface area contributed by atoms with Crippen molar-refractivity contribution < 1.29 is 4.79 Å². The van der Waals surface area contributed by atoms with Crippen LogP contribution in [0.5, 0.6) is 0 Å². The summed E-state index contributed by atoms with van der Waals surface area (Å²) in [6.07, 6.45) is 0. The van der Waals surface area contributed by atoms with Crippen LogP contribution in [0.4, 0.5) is 11.5 Å². The van der Waals surface area contributed by atoms with Gasteiger partial charge in [0.25, 0.3) is 0 Å². The van der Waals surface area contributed by atoms with E-state index in [9.17, 15) is 15.3 Å². The zero-order chi connectivity index (χ0) is 20.1. The van der Waals surface area contributed by atoms with Crippen molar-refractivity contribution in [3.8, 4) is 23.4 Å². The van der Waals surface area contributed by atoms with E-state index >= 15 is 0 Å². The molecule has 7 heteroatoms. The van der Waals surface area contributed by atoms with Gasteiger partial charge < -0.3 is 5.32 Å². The standard InChI is InChI=1S/C22H12N6O/c1-12-6-8-13(9-7-12)25-21-16(10-23)22-26-19-14-4-2-3-5-15(14)20(29)18(19)17(11-24)28(22)27-21/h2-9H,1H3,(H,25,27). The largest absolute Gasteiger partial charge is 0.338 e. The van der Waals surface area contributed by atoms with Gasteiger partial charge in [-0.05, 0) is 19.1 Å². The molecule has 2 aromatic heterocycles. The number of hydrogen-bond acceptors (Lipinski definition) is 6. The van der Waals surface area contributed by atoms with Gasteiger partial charge in [-0.1, -0.05) is 42.0 Å². The molecule has 2 aromatic carbocycles. The maximum atomic E-state index is 12.9. The van der Waals surface area contributed by atoms with Crippen LogP contribution in [-0.2, 0) is 0 Å². The Balaban J connectivity index is 1.77. The topological polar surface area (TPSA) is 107 Å². The maximum absolute atomic E-state index is 12.9. The second-order valence-electron chi connectivity index (χ2n) is 6.73. The number of hydrogen-bond donors (Lipinski definition) is 1. The Bertz CT molecular complexity index is 1420. The second-order valence-corrected chi connectivity index (χ2v) is 6.73. The molecule has 0 atom stereocenters. The first-order valence-electron chi connectivity index (χ1n) is 8.87. The summed E-state index contributed by atoms with van der Waals surface area (Å²) in [5.74, 6) is 0.0216. The lowest BCUT2D eigenvalue weighted by Crippen LogP contribution is -2.07. The molecule has 0 radical (unpaired) electrons. The van der Waals surface area contributed by atoms with Gasteiger partial charge in [0.1, 0.15) is 17.7 Å². The van der Waals surface area contributed by atoms with Crippen molar-refractivity contribution in [3.63, 3.8) is 0 Å². The summed E-state index contributed by atoms with van der Waals surface area (Å²) in [5.41, 5.74) is 4.16. The van der Waals surface area contributed by atoms with Crippen molar-refractivity contribution in [2.45, 2.75) is 6.92 Å². The predicted molar refractivity (Wildman–Crippen MR) is 106 cm³/mol. The molecule has 4 aromatic rings. The summed E-state index contributed by atoms with van der Waals surface area (Å²) in [5, 5.41) is 27.0. The van der Waals surface area contributed by atoms with Gasteiger partial charge in [-0.2, -0.15) is 10.5 Å². The van der Waals surface area contributed by atoms with Crippen molar-refractivity contribution in [2.75, 3.05) is 5.32 Å². The van der Waals surface area contributed by atoms with Crippen LogP contribution in [0.2, 0.25) is 0 Å². The molecule has 5 rings (SSSR count). The number of aryl methyl sites for hydroxylation is 1. The number of nitrogens with zero attached hydrogens (tertiary/aromatic N) is 5. The third kappa shape index (κ3) is 2.32. The molecule has 1 aliphatic carbocycles. The highest BCUT2D eigenvalue weighted by Crippen LogP contribution is 2.38. The summed E-state index contributed by atoms with van der Waals surface area (Å²) in [7, 11) is 0. The van der Waals surface area contributed by atoms with Gasteiger partial charge in [0, 0.05) is 16.8 Å². The van der Waals surface area contributed by atoms with E-state index in [0.29, 0.717) is 16.8 Å². The molecule has 7 nitrogen and oxygen atoms in total. The average molecular weight is 376 g/mol. The molecule has 0 saturated carbocycles. The van der Waals surface area contributed by atoms with Crippen LogP contribution in [0.15, 0.2) is 48.5 Å². The summed E-state index contributed by atoms with van der Waals surface area (Å²) in [6.45, 7) is 1.98. The number of carbonyl (C=O) groups is 1. The number of rotatable bonds is 2. The Morgan fingerprint density at radius 2 is 1.72 bits per heavy atom. The minimum Gasteiger partial charge on any atom is -0.338 e. The number of anilines is 2. The smallest absolute Gasteiger partial charge is 0.198 e. The average Bonchev–Trinajstić information content (AvgIpc) is 3.23. The number of nitriles is 2. The third-order valence-corrected chi connectivity index (χ3v) is 4.95. The Morgan fingerprint density at radius 1 is 1.00 bits per heavy atom. The Labute approximate surface area is 165 Å². The fourth-order valence-electron chi connectivity index (χ4n) is 3.55. The first kappa shape index (κ1) is 16.7. The number of nitrogens with one attached hydrogen (secondary N) is 1. The van der Waals surface area contributed by atoms with Gasteiger partial charge in [-0.3, -0.25) is 4.79 Å². The van der Waals surface area contributed by atoms with Crippen molar-refractivity contribution >= 4 is 22.9 Å². The highest BCUT2D eigenvalue weighted by molar-refractivity contribution is 6.22. The quantitative estimate of drug-likeness (QED) is 0.503. The minimum absolute atomic E-state index is 0.0691. The van der Waals surface area contributed by atoms with Crippen LogP contribution in [0.3, 0.4) is 0 Å².